The third kappa shape index (κ3) is 4.38. The van der Waals surface area contributed by atoms with Crippen LogP contribution in [0, 0.1) is 11.6 Å². The van der Waals surface area contributed by atoms with Gasteiger partial charge in [0.15, 0.2) is 0 Å². The maximum Gasteiger partial charge on any atom is 0.129 e. The van der Waals surface area contributed by atoms with Crippen molar-refractivity contribution in [3.05, 3.63) is 52.9 Å². The molecular weight excluding hydrogens is 346 g/mol. The zero-order chi connectivity index (χ0) is 17.8. The molecule has 1 aromatic heterocycles. The van der Waals surface area contributed by atoms with Gasteiger partial charge in [-0.25, -0.2) is 12.9 Å². The van der Waals surface area contributed by atoms with Crippen LogP contribution in [-0.2, 0) is 17.8 Å². The summed E-state index contributed by atoms with van der Waals surface area (Å²) in [7, 11) is 0. The Hall–Kier alpha value is -1.48. The fraction of sp³-hybridized carbons (Fsp3) is 0.471. The van der Waals surface area contributed by atoms with E-state index >= 15 is 0 Å². The Balaban J connectivity index is 0.000000157. The number of aromatic nitrogens is 2. The minimum atomic E-state index is -0.519. The number of rotatable bonds is 2. The normalized spacial score (nSPS) is 22.2. The van der Waals surface area contributed by atoms with Gasteiger partial charge in [-0.3, -0.25) is 0 Å². The average molecular weight is 368 g/mol. The molecule has 0 saturated carbocycles. The Labute approximate surface area is 150 Å². The van der Waals surface area contributed by atoms with Gasteiger partial charge < -0.3 is 15.8 Å². The van der Waals surface area contributed by atoms with Crippen molar-refractivity contribution < 1.29 is 13.5 Å². The van der Waals surface area contributed by atoms with Crippen LogP contribution in [0.2, 0.25) is 0 Å². The molecule has 5 nitrogen and oxygen atoms in total. The Morgan fingerprint density at radius 3 is 2.92 bits per heavy atom. The van der Waals surface area contributed by atoms with E-state index in [-0.39, 0.29) is 11.6 Å². The van der Waals surface area contributed by atoms with E-state index in [0.29, 0.717) is 6.61 Å². The minimum Gasteiger partial charge on any atom is -0.372 e. The molecule has 0 aliphatic carbocycles. The van der Waals surface area contributed by atoms with Crippen molar-refractivity contribution in [1.29, 1.82) is 0 Å². The summed E-state index contributed by atoms with van der Waals surface area (Å²) in [4.78, 5) is 0. The molecule has 4 rings (SSSR count). The molecule has 3 heterocycles. The maximum absolute atomic E-state index is 13.4. The van der Waals surface area contributed by atoms with Crippen LogP contribution >= 0.6 is 11.9 Å². The predicted molar refractivity (Wildman–Crippen MR) is 93.9 cm³/mol. The first kappa shape index (κ1) is 18.3. The number of fused-ring (bicyclic) bond motifs is 1. The maximum atomic E-state index is 13.4. The third-order valence-corrected chi connectivity index (χ3v) is 4.84. The van der Waals surface area contributed by atoms with Crippen molar-refractivity contribution in [2.75, 3.05) is 12.9 Å². The van der Waals surface area contributed by atoms with E-state index < -0.39 is 17.7 Å². The van der Waals surface area contributed by atoms with Gasteiger partial charge in [0, 0.05) is 49.3 Å². The number of nitrogens with one attached hydrogen (secondary N) is 1. The highest BCUT2D eigenvalue weighted by Gasteiger charge is 2.26. The summed E-state index contributed by atoms with van der Waals surface area (Å²) in [6.45, 7) is 2.47. The van der Waals surface area contributed by atoms with E-state index in [1.165, 1.54) is 11.3 Å². The highest BCUT2D eigenvalue weighted by atomic mass is 32.2. The van der Waals surface area contributed by atoms with Crippen molar-refractivity contribution >= 4 is 11.9 Å². The number of nitrogens with two attached hydrogens (primary N) is 1. The van der Waals surface area contributed by atoms with Crippen LogP contribution in [0.4, 0.5) is 8.78 Å². The Bertz CT molecular complexity index is 703. The summed E-state index contributed by atoms with van der Waals surface area (Å²) >= 11 is 1.63. The van der Waals surface area contributed by atoms with Gasteiger partial charge in [-0.2, -0.15) is 5.10 Å². The summed E-state index contributed by atoms with van der Waals surface area (Å²) in [6.07, 6.45) is 5.24. The van der Waals surface area contributed by atoms with Gasteiger partial charge in [-0.05, 0) is 43.0 Å². The number of halogens is 2. The van der Waals surface area contributed by atoms with Crippen LogP contribution < -0.4 is 11.1 Å². The van der Waals surface area contributed by atoms with Gasteiger partial charge in [-0.1, -0.05) is 0 Å². The molecule has 0 radical (unpaired) electrons. The molecule has 8 heteroatoms. The molecule has 3 N–H and O–H groups in total. The molecule has 25 heavy (non-hydrogen) atoms. The number of hydrogen-bond donors (Lipinski definition) is 2. The summed E-state index contributed by atoms with van der Waals surface area (Å²) in [5.41, 5.74) is 8.59. The lowest BCUT2D eigenvalue weighted by Crippen LogP contribution is -2.35. The van der Waals surface area contributed by atoms with Gasteiger partial charge in [0.2, 0.25) is 0 Å². The number of nitrogens with zero attached hydrogens (tertiary/aromatic N) is 2. The molecule has 1 saturated heterocycles. The van der Waals surface area contributed by atoms with Gasteiger partial charge >= 0.3 is 0 Å². The zero-order valence-electron chi connectivity index (χ0n) is 14.0. The van der Waals surface area contributed by atoms with Crippen LogP contribution in [0.25, 0.3) is 0 Å². The fourth-order valence-corrected chi connectivity index (χ4v) is 3.40. The lowest BCUT2D eigenvalue weighted by molar-refractivity contribution is -0.00206. The largest absolute Gasteiger partial charge is 0.372 e. The monoisotopic (exact) mass is 368 g/mol. The second kappa shape index (κ2) is 8.27. The van der Waals surface area contributed by atoms with E-state index in [2.05, 4.69) is 16.6 Å². The molecule has 136 valence electrons. The first-order valence-corrected chi connectivity index (χ1v) is 9.41. The lowest BCUT2D eigenvalue weighted by Gasteiger charge is -2.29. The van der Waals surface area contributed by atoms with Gasteiger partial charge in [0.1, 0.15) is 17.7 Å². The number of benzene rings is 1. The highest BCUT2D eigenvalue weighted by molar-refractivity contribution is 7.97. The first-order valence-electron chi connectivity index (χ1n) is 8.23. The van der Waals surface area contributed by atoms with Crippen LogP contribution in [-0.4, -0.2) is 28.1 Å². The molecule has 1 unspecified atom stereocenters. The molecule has 0 amide bonds. The fourth-order valence-electron chi connectivity index (χ4n) is 2.98. The SMILES string of the molecule is CSn1cc2c(n1)CNC2.NC1CCCO[C@@H]1c1cc(F)ccc1F. The van der Waals surface area contributed by atoms with E-state index in [9.17, 15) is 8.78 Å². The van der Waals surface area contributed by atoms with Gasteiger partial charge in [-0.15, -0.1) is 0 Å². The van der Waals surface area contributed by atoms with Crippen molar-refractivity contribution in [2.24, 2.45) is 5.73 Å². The topological polar surface area (TPSA) is 65.1 Å². The predicted octanol–water partition coefficient (Wildman–Crippen LogP) is 2.76. The van der Waals surface area contributed by atoms with E-state index in [0.717, 1.165) is 44.1 Å². The molecule has 1 fully saturated rings. The molecular formula is C17H22F2N4OS. The van der Waals surface area contributed by atoms with E-state index in [1.807, 2.05) is 10.3 Å². The number of ether oxygens (including phenoxy) is 1. The molecule has 2 atom stereocenters. The van der Waals surface area contributed by atoms with Crippen LogP contribution in [0.15, 0.2) is 24.4 Å². The molecule has 2 aliphatic heterocycles. The van der Waals surface area contributed by atoms with Gasteiger partial charge in [0.25, 0.3) is 0 Å². The lowest BCUT2D eigenvalue weighted by atomic mass is 9.96. The number of hydrogen-bond acceptors (Lipinski definition) is 5. The van der Waals surface area contributed by atoms with Gasteiger partial charge in [0.05, 0.1) is 5.69 Å². The Morgan fingerprint density at radius 2 is 2.20 bits per heavy atom. The smallest absolute Gasteiger partial charge is 0.129 e. The summed E-state index contributed by atoms with van der Waals surface area (Å²) in [5, 5.41) is 7.56. The Kier molecular flexibility index (Phi) is 6.06. The van der Waals surface area contributed by atoms with E-state index in [1.54, 1.807) is 11.9 Å². The molecule has 0 spiro atoms. The summed E-state index contributed by atoms with van der Waals surface area (Å²) < 4.78 is 33.7. The molecule has 2 aliphatic rings. The quantitative estimate of drug-likeness (QED) is 0.853. The summed E-state index contributed by atoms with van der Waals surface area (Å²) in [5.74, 6) is -0.925. The van der Waals surface area contributed by atoms with Crippen molar-refractivity contribution in [2.45, 2.75) is 38.1 Å². The standard InChI is InChI=1S/C11H13F2NO.C6H9N3S/c12-7-3-4-9(13)8(6-7)11-10(14)2-1-5-15-11;1-10-9-4-5-2-7-3-6(5)8-9/h3-4,6,10-11H,1-2,5,14H2;4,7H,2-3H2,1H3/t10?,11-;/m1./s1. The van der Waals surface area contributed by atoms with Crippen molar-refractivity contribution in [3.8, 4) is 0 Å². The second-order valence-corrected chi connectivity index (χ2v) is 6.79. The first-order chi connectivity index (χ1) is 12.1. The van der Waals surface area contributed by atoms with Crippen LogP contribution in [0.5, 0.6) is 0 Å². The summed E-state index contributed by atoms with van der Waals surface area (Å²) in [6, 6.07) is 3.10. The highest BCUT2D eigenvalue weighted by Crippen LogP contribution is 2.29. The third-order valence-electron chi connectivity index (χ3n) is 4.28. The zero-order valence-corrected chi connectivity index (χ0v) is 14.9. The molecule has 1 aromatic carbocycles. The van der Waals surface area contributed by atoms with Crippen LogP contribution in [0.1, 0.15) is 35.8 Å². The van der Waals surface area contributed by atoms with Crippen molar-refractivity contribution in [1.82, 2.24) is 14.5 Å². The van der Waals surface area contributed by atoms with E-state index in [4.69, 9.17) is 10.5 Å². The second-order valence-electron chi connectivity index (χ2n) is 6.05. The van der Waals surface area contributed by atoms with Crippen molar-refractivity contribution in [3.63, 3.8) is 0 Å². The molecule has 0 bridgehead atoms. The minimum absolute atomic E-state index is 0.224. The molecule has 2 aromatic rings. The Morgan fingerprint density at radius 1 is 1.36 bits per heavy atom. The van der Waals surface area contributed by atoms with Crippen LogP contribution in [0.3, 0.4) is 0 Å². The average Bonchev–Trinajstić information content (AvgIpc) is 3.20.